The molecular weight excluding hydrogens is 280 g/mol. The Morgan fingerprint density at radius 3 is 2.81 bits per heavy atom. The fourth-order valence-corrected chi connectivity index (χ4v) is 3.34. The third-order valence-electron chi connectivity index (χ3n) is 3.67. The van der Waals surface area contributed by atoms with Crippen molar-refractivity contribution < 1.29 is 0 Å². The maximum absolute atomic E-state index is 12.5. The van der Waals surface area contributed by atoms with E-state index in [0.29, 0.717) is 11.9 Å². The molecule has 0 saturated carbocycles. The number of rotatable bonds is 2. The van der Waals surface area contributed by atoms with Crippen molar-refractivity contribution in [1.82, 2.24) is 9.55 Å². The summed E-state index contributed by atoms with van der Waals surface area (Å²) in [5, 5.41) is 4.97. The summed E-state index contributed by atoms with van der Waals surface area (Å²) in [6.45, 7) is 0.541. The average Bonchev–Trinajstić information content (AvgIpc) is 3.00. The van der Waals surface area contributed by atoms with Crippen LogP contribution >= 0.6 is 11.3 Å². The Bertz CT molecular complexity index is 995. The quantitative estimate of drug-likeness (QED) is 0.565. The second kappa shape index (κ2) is 4.82. The zero-order chi connectivity index (χ0) is 14.2. The largest absolute Gasteiger partial charge is 0.294 e. The molecule has 0 amide bonds. The first-order valence-corrected chi connectivity index (χ1v) is 7.60. The van der Waals surface area contributed by atoms with Gasteiger partial charge in [-0.3, -0.25) is 9.36 Å². The summed E-state index contributed by atoms with van der Waals surface area (Å²) in [5.41, 5.74) is 1.15. The first kappa shape index (κ1) is 12.3. The third-order valence-corrected chi connectivity index (χ3v) is 4.49. The van der Waals surface area contributed by atoms with Gasteiger partial charge in [0.25, 0.3) is 5.56 Å². The minimum atomic E-state index is 0.0224. The van der Waals surface area contributed by atoms with E-state index in [-0.39, 0.29) is 5.56 Å². The van der Waals surface area contributed by atoms with Crippen molar-refractivity contribution in [2.45, 2.75) is 6.54 Å². The third kappa shape index (κ3) is 2.04. The highest BCUT2D eigenvalue weighted by molar-refractivity contribution is 7.16. The number of aromatic nitrogens is 2. The molecule has 0 aliphatic rings. The summed E-state index contributed by atoms with van der Waals surface area (Å²) in [7, 11) is 0. The molecule has 2 aromatic carbocycles. The van der Waals surface area contributed by atoms with Crippen molar-refractivity contribution >= 4 is 32.3 Å². The fourth-order valence-electron chi connectivity index (χ4n) is 2.62. The van der Waals surface area contributed by atoms with E-state index in [2.05, 4.69) is 29.2 Å². The lowest BCUT2D eigenvalue weighted by Crippen LogP contribution is -2.20. The Labute approximate surface area is 125 Å². The number of benzene rings is 2. The lowest BCUT2D eigenvalue weighted by Gasteiger charge is -2.08. The molecule has 3 nitrogen and oxygen atoms in total. The molecule has 0 aliphatic heterocycles. The van der Waals surface area contributed by atoms with E-state index >= 15 is 0 Å². The second-order valence-corrected chi connectivity index (χ2v) is 5.85. The summed E-state index contributed by atoms with van der Waals surface area (Å²) in [6, 6.07) is 16.2. The molecule has 0 N–H and O–H groups in total. The molecule has 0 atom stereocenters. The van der Waals surface area contributed by atoms with Gasteiger partial charge in [0.2, 0.25) is 0 Å². The molecule has 2 aromatic heterocycles. The van der Waals surface area contributed by atoms with Crippen LogP contribution in [0, 0.1) is 0 Å². The number of hydrogen-bond donors (Lipinski definition) is 0. The van der Waals surface area contributed by atoms with Gasteiger partial charge in [-0.05, 0) is 27.8 Å². The van der Waals surface area contributed by atoms with Gasteiger partial charge in [0.05, 0.1) is 18.3 Å². The van der Waals surface area contributed by atoms with Crippen LogP contribution in [0.4, 0.5) is 0 Å². The van der Waals surface area contributed by atoms with Gasteiger partial charge in [0.15, 0.2) is 0 Å². The smallest absolute Gasteiger partial charge is 0.262 e. The van der Waals surface area contributed by atoms with Crippen LogP contribution in [0.25, 0.3) is 21.0 Å². The van der Waals surface area contributed by atoms with E-state index in [1.807, 2.05) is 29.6 Å². The van der Waals surface area contributed by atoms with Crippen molar-refractivity contribution in [3.63, 3.8) is 0 Å². The summed E-state index contributed by atoms with van der Waals surface area (Å²) in [4.78, 5) is 17.6. The van der Waals surface area contributed by atoms with Gasteiger partial charge in [-0.1, -0.05) is 42.5 Å². The molecule has 0 saturated heterocycles. The Balaban J connectivity index is 1.87. The van der Waals surface area contributed by atoms with Crippen LogP contribution < -0.4 is 5.56 Å². The standard InChI is InChI=1S/C17H12N2OS/c20-17-15-8-9-21-16(15)18-11-19(17)10-13-6-3-5-12-4-1-2-7-14(12)13/h1-9,11H,10H2. The van der Waals surface area contributed by atoms with Crippen molar-refractivity contribution in [1.29, 1.82) is 0 Å². The maximum atomic E-state index is 12.5. The van der Waals surface area contributed by atoms with E-state index in [9.17, 15) is 4.79 Å². The Hall–Kier alpha value is -2.46. The molecule has 2 heterocycles. The first-order chi connectivity index (χ1) is 10.3. The number of nitrogens with zero attached hydrogens (tertiary/aromatic N) is 2. The van der Waals surface area contributed by atoms with Crippen LogP contribution in [-0.2, 0) is 6.54 Å². The van der Waals surface area contributed by atoms with Crippen molar-refractivity contribution in [2.75, 3.05) is 0 Å². The van der Waals surface area contributed by atoms with E-state index in [1.165, 1.54) is 22.1 Å². The zero-order valence-electron chi connectivity index (χ0n) is 11.2. The van der Waals surface area contributed by atoms with Gasteiger partial charge in [0.1, 0.15) is 4.83 Å². The molecular formula is C17H12N2OS. The molecule has 0 aliphatic carbocycles. The molecule has 0 spiro atoms. The van der Waals surface area contributed by atoms with Crippen LogP contribution in [0.2, 0.25) is 0 Å². The second-order valence-electron chi connectivity index (χ2n) is 4.96. The summed E-state index contributed by atoms with van der Waals surface area (Å²) < 4.78 is 1.68. The topological polar surface area (TPSA) is 34.9 Å². The van der Waals surface area contributed by atoms with E-state index in [0.717, 1.165) is 10.4 Å². The Morgan fingerprint density at radius 1 is 1.00 bits per heavy atom. The van der Waals surface area contributed by atoms with Gasteiger partial charge < -0.3 is 0 Å². The molecule has 4 rings (SSSR count). The van der Waals surface area contributed by atoms with Gasteiger partial charge in [-0.25, -0.2) is 4.98 Å². The molecule has 21 heavy (non-hydrogen) atoms. The Kier molecular flexibility index (Phi) is 2.82. The first-order valence-electron chi connectivity index (χ1n) is 6.72. The summed E-state index contributed by atoms with van der Waals surface area (Å²) in [6.07, 6.45) is 1.64. The van der Waals surface area contributed by atoms with E-state index in [1.54, 1.807) is 10.9 Å². The minimum Gasteiger partial charge on any atom is -0.294 e. The molecule has 4 heteroatoms. The van der Waals surface area contributed by atoms with Gasteiger partial charge in [-0.2, -0.15) is 0 Å². The van der Waals surface area contributed by atoms with Crippen molar-refractivity contribution in [3.8, 4) is 0 Å². The highest BCUT2D eigenvalue weighted by Gasteiger charge is 2.07. The van der Waals surface area contributed by atoms with Crippen LogP contribution in [0.1, 0.15) is 5.56 Å². The number of hydrogen-bond acceptors (Lipinski definition) is 3. The number of fused-ring (bicyclic) bond motifs is 2. The molecule has 0 fully saturated rings. The summed E-state index contributed by atoms with van der Waals surface area (Å²) in [5.74, 6) is 0. The molecule has 4 aromatic rings. The van der Waals surface area contributed by atoms with Crippen molar-refractivity contribution in [2.24, 2.45) is 0 Å². The number of thiophene rings is 1. The predicted octanol–water partition coefficient (Wildman–Crippen LogP) is 3.66. The zero-order valence-corrected chi connectivity index (χ0v) is 12.0. The highest BCUT2D eigenvalue weighted by atomic mass is 32.1. The minimum absolute atomic E-state index is 0.0224. The van der Waals surface area contributed by atoms with E-state index < -0.39 is 0 Å². The fraction of sp³-hybridized carbons (Fsp3) is 0.0588. The molecule has 102 valence electrons. The monoisotopic (exact) mass is 292 g/mol. The highest BCUT2D eigenvalue weighted by Crippen LogP contribution is 2.19. The van der Waals surface area contributed by atoms with Crippen LogP contribution in [-0.4, -0.2) is 9.55 Å². The van der Waals surface area contributed by atoms with Crippen LogP contribution in [0.5, 0.6) is 0 Å². The predicted molar refractivity (Wildman–Crippen MR) is 86.9 cm³/mol. The van der Waals surface area contributed by atoms with Crippen LogP contribution in [0.15, 0.2) is 65.0 Å². The average molecular weight is 292 g/mol. The lowest BCUT2D eigenvalue weighted by atomic mass is 10.0. The van der Waals surface area contributed by atoms with Gasteiger partial charge in [-0.15, -0.1) is 11.3 Å². The van der Waals surface area contributed by atoms with Gasteiger partial charge >= 0.3 is 0 Å². The lowest BCUT2D eigenvalue weighted by molar-refractivity contribution is 0.753. The maximum Gasteiger partial charge on any atom is 0.262 e. The SMILES string of the molecule is O=c1c2ccsc2ncn1Cc1cccc2ccccc12. The normalized spacial score (nSPS) is 11.2. The summed E-state index contributed by atoms with van der Waals surface area (Å²) >= 11 is 1.49. The van der Waals surface area contributed by atoms with Crippen molar-refractivity contribution in [3.05, 3.63) is 76.2 Å². The van der Waals surface area contributed by atoms with Gasteiger partial charge in [0, 0.05) is 0 Å². The molecule has 0 radical (unpaired) electrons. The Morgan fingerprint density at radius 2 is 1.86 bits per heavy atom. The molecule has 0 unspecified atom stereocenters. The molecule has 0 bridgehead atoms. The van der Waals surface area contributed by atoms with Crippen LogP contribution in [0.3, 0.4) is 0 Å². The van der Waals surface area contributed by atoms with E-state index in [4.69, 9.17) is 0 Å².